The van der Waals surface area contributed by atoms with Gasteiger partial charge in [0.05, 0.1) is 23.4 Å². The molecular formula is C18H11N5. The Morgan fingerprint density at radius 3 is 2.04 bits per heavy atom. The second kappa shape index (κ2) is 4.58. The van der Waals surface area contributed by atoms with Crippen LogP contribution in [0.25, 0.3) is 38.5 Å². The second-order valence-electron chi connectivity index (χ2n) is 5.38. The van der Waals surface area contributed by atoms with Crippen LogP contribution in [0.1, 0.15) is 0 Å². The van der Waals surface area contributed by atoms with Crippen LogP contribution in [0.4, 0.5) is 0 Å². The maximum atomic E-state index is 4.40. The zero-order chi connectivity index (χ0) is 15.2. The third kappa shape index (κ3) is 1.73. The van der Waals surface area contributed by atoms with E-state index >= 15 is 0 Å². The highest BCUT2D eigenvalue weighted by Crippen LogP contribution is 2.29. The van der Waals surface area contributed by atoms with E-state index in [-0.39, 0.29) is 0 Å². The van der Waals surface area contributed by atoms with Gasteiger partial charge in [0, 0.05) is 5.69 Å². The smallest absolute Gasteiger partial charge is 0.118 e. The molecule has 0 aliphatic heterocycles. The molecule has 0 saturated heterocycles. The Balaban J connectivity index is 1.93. The lowest BCUT2D eigenvalue weighted by atomic mass is 10.1. The molecule has 5 heteroatoms. The number of aromatic nitrogens is 5. The highest BCUT2D eigenvalue weighted by atomic mass is 15.0. The van der Waals surface area contributed by atoms with Crippen LogP contribution in [0.3, 0.4) is 0 Å². The molecule has 0 bridgehead atoms. The molecule has 0 atom stereocenters. The topological polar surface area (TPSA) is 56.5 Å². The van der Waals surface area contributed by atoms with Gasteiger partial charge in [0.15, 0.2) is 0 Å². The summed E-state index contributed by atoms with van der Waals surface area (Å²) in [5, 5.41) is 2.40. The molecule has 0 amide bonds. The fourth-order valence-electron chi connectivity index (χ4n) is 3.06. The van der Waals surface area contributed by atoms with E-state index in [1.54, 1.807) is 12.7 Å². The molecule has 2 aromatic carbocycles. The molecule has 5 rings (SSSR count). The van der Waals surface area contributed by atoms with Crippen molar-refractivity contribution in [2.24, 2.45) is 0 Å². The average molecular weight is 297 g/mol. The first-order chi connectivity index (χ1) is 11.4. The number of fused-ring (bicyclic) bond motifs is 4. The summed E-state index contributed by atoms with van der Waals surface area (Å²) in [6.45, 7) is 0. The van der Waals surface area contributed by atoms with Crippen molar-refractivity contribution in [3.8, 4) is 5.69 Å². The van der Waals surface area contributed by atoms with E-state index in [0.29, 0.717) is 0 Å². The van der Waals surface area contributed by atoms with Gasteiger partial charge in [-0.15, -0.1) is 0 Å². The molecule has 5 nitrogen and oxygen atoms in total. The maximum Gasteiger partial charge on any atom is 0.118 e. The van der Waals surface area contributed by atoms with Crippen molar-refractivity contribution in [2.75, 3.05) is 0 Å². The van der Waals surface area contributed by atoms with Crippen LogP contribution in [0.5, 0.6) is 0 Å². The van der Waals surface area contributed by atoms with Crippen molar-refractivity contribution in [3.63, 3.8) is 0 Å². The van der Waals surface area contributed by atoms with Gasteiger partial charge in [0.25, 0.3) is 0 Å². The Morgan fingerprint density at radius 1 is 0.696 bits per heavy atom. The predicted octanol–water partition coefficient (Wildman–Crippen LogP) is 3.52. The maximum absolute atomic E-state index is 4.40. The highest BCUT2D eigenvalue weighted by molar-refractivity contribution is 6.04. The van der Waals surface area contributed by atoms with Gasteiger partial charge in [-0.05, 0) is 22.9 Å². The van der Waals surface area contributed by atoms with E-state index in [4.69, 9.17) is 0 Å². The SMILES string of the molecule is c1ccc2cc(-n3c4cncnc4c4ncncc43)ccc2c1. The van der Waals surface area contributed by atoms with E-state index in [1.807, 2.05) is 24.5 Å². The molecule has 0 radical (unpaired) electrons. The van der Waals surface area contributed by atoms with Crippen LogP contribution in [0.2, 0.25) is 0 Å². The van der Waals surface area contributed by atoms with Crippen LogP contribution in [-0.2, 0) is 0 Å². The lowest BCUT2D eigenvalue weighted by Crippen LogP contribution is -1.94. The van der Waals surface area contributed by atoms with Crippen molar-refractivity contribution >= 4 is 32.8 Å². The van der Waals surface area contributed by atoms with Gasteiger partial charge in [0.2, 0.25) is 0 Å². The van der Waals surface area contributed by atoms with E-state index < -0.39 is 0 Å². The molecule has 23 heavy (non-hydrogen) atoms. The Morgan fingerprint density at radius 2 is 1.35 bits per heavy atom. The Hall–Kier alpha value is -3.34. The molecule has 0 fully saturated rings. The summed E-state index contributed by atoms with van der Waals surface area (Å²) in [5.74, 6) is 0. The van der Waals surface area contributed by atoms with Gasteiger partial charge < -0.3 is 4.57 Å². The van der Waals surface area contributed by atoms with Crippen LogP contribution in [-0.4, -0.2) is 24.5 Å². The molecule has 0 aliphatic carbocycles. The van der Waals surface area contributed by atoms with E-state index in [0.717, 1.165) is 27.8 Å². The molecule has 108 valence electrons. The van der Waals surface area contributed by atoms with Crippen molar-refractivity contribution in [2.45, 2.75) is 0 Å². The first-order valence-electron chi connectivity index (χ1n) is 7.31. The van der Waals surface area contributed by atoms with Crippen molar-refractivity contribution in [3.05, 3.63) is 67.5 Å². The molecule has 3 aromatic heterocycles. The quantitative estimate of drug-likeness (QED) is 0.475. The number of nitrogens with zero attached hydrogens (tertiary/aromatic N) is 5. The number of hydrogen-bond donors (Lipinski definition) is 0. The van der Waals surface area contributed by atoms with Gasteiger partial charge in [-0.1, -0.05) is 30.3 Å². The van der Waals surface area contributed by atoms with Gasteiger partial charge in [0.1, 0.15) is 23.7 Å². The van der Waals surface area contributed by atoms with Crippen molar-refractivity contribution in [1.29, 1.82) is 0 Å². The minimum Gasteiger partial charge on any atom is -0.303 e. The van der Waals surface area contributed by atoms with Crippen LogP contribution in [0, 0.1) is 0 Å². The summed E-state index contributed by atoms with van der Waals surface area (Å²) in [7, 11) is 0. The van der Waals surface area contributed by atoms with E-state index in [9.17, 15) is 0 Å². The Bertz CT molecular complexity index is 1120. The zero-order valence-corrected chi connectivity index (χ0v) is 12.1. The third-order valence-corrected chi connectivity index (χ3v) is 4.08. The van der Waals surface area contributed by atoms with Gasteiger partial charge >= 0.3 is 0 Å². The lowest BCUT2D eigenvalue weighted by molar-refractivity contribution is 1.13. The number of rotatable bonds is 1. The minimum atomic E-state index is 0.838. The summed E-state index contributed by atoms with van der Waals surface area (Å²) in [4.78, 5) is 17.1. The summed E-state index contributed by atoms with van der Waals surface area (Å²) in [6, 6.07) is 14.7. The largest absolute Gasteiger partial charge is 0.303 e. The molecule has 0 N–H and O–H groups in total. The monoisotopic (exact) mass is 297 g/mol. The third-order valence-electron chi connectivity index (χ3n) is 4.08. The van der Waals surface area contributed by atoms with E-state index in [2.05, 4.69) is 54.8 Å². The molecule has 0 unspecified atom stereocenters. The lowest BCUT2D eigenvalue weighted by Gasteiger charge is -2.08. The van der Waals surface area contributed by atoms with Crippen LogP contribution in [0.15, 0.2) is 67.5 Å². The van der Waals surface area contributed by atoms with Gasteiger partial charge in [-0.2, -0.15) is 0 Å². The fraction of sp³-hybridized carbons (Fsp3) is 0. The van der Waals surface area contributed by atoms with E-state index in [1.165, 1.54) is 10.8 Å². The minimum absolute atomic E-state index is 0.838. The van der Waals surface area contributed by atoms with Gasteiger partial charge in [-0.25, -0.2) is 19.9 Å². The molecule has 0 saturated carbocycles. The normalized spacial score (nSPS) is 11.5. The van der Waals surface area contributed by atoms with Crippen molar-refractivity contribution in [1.82, 2.24) is 24.5 Å². The Kier molecular flexibility index (Phi) is 2.43. The fourth-order valence-corrected chi connectivity index (χ4v) is 3.06. The Labute approximate surface area is 131 Å². The summed E-state index contributed by atoms with van der Waals surface area (Å²) >= 11 is 0. The van der Waals surface area contributed by atoms with Gasteiger partial charge in [-0.3, -0.25) is 0 Å². The first-order valence-corrected chi connectivity index (χ1v) is 7.31. The molecule has 5 aromatic rings. The van der Waals surface area contributed by atoms with Crippen molar-refractivity contribution < 1.29 is 0 Å². The average Bonchev–Trinajstić information content (AvgIpc) is 2.96. The summed E-state index contributed by atoms with van der Waals surface area (Å²) in [6.07, 6.45) is 6.74. The molecule has 0 spiro atoms. The summed E-state index contributed by atoms with van der Waals surface area (Å²) < 4.78 is 2.11. The first kappa shape index (κ1) is 12.2. The molecule has 0 aliphatic rings. The van der Waals surface area contributed by atoms with Crippen LogP contribution < -0.4 is 0 Å². The predicted molar refractivity (Wildman–Crippen MR) is 89.5 cm³/mol. The molecular weight excluding hydrogens is 286 g/mol. The standard InChI is InChI=1S/C18H11N5/c1-2-4-13-7-14(6-5-12(13)3-1)23-15-8-19-10-21-17(15)18-16(23)9-20-11-22-18/h1-11H. The summed E-state index contributed by atoms with van der Waals surface area (Å²) in [5.41, 5.74) is 4.58. The number of hydrogen-bond acceptors (Lipinski definition) is 4. The van der Waals surface area contributed by atoms with Crippen LogP contribution >= 0.6 is 0 Å². The number of benzene rings is 2. The highest BCUT2D eigenvalue weighted by Gasteiger charge is 2.14. The molecule has 3 heterocycles. The second-order valence-corrected chi connectivity index (χ2v) is 5.38. The zero-order valence-electron chi connectivity index (χ0n) is 12.1.